The van der Waals surface area contributed by atoms with Crippen LogP contribution >= 0.6 is 0 Å². The normalized spacial score (nSPS) is 25.5. The van der Waals surface area contributed by atoms with Gasteiger partial charge in [-0.3, -0.25) is 14.5 Å². The summed E-state index contributed by atoms with van der Waals surface area (Å²) in [6, 6.07) is 15.5. The van der Waals surface area contributed by atoms with Gasteiger partial charge >= 0.3 is 12.2 Å². The van der Waals surface area contributed by atoms with Crippen LogP contribution in [0.25, 0.3) is 32.8 Å². The molecule has 2 aromatic heterocycles. The fourth-order valence-corrected chi connectivity index (χ4v) is 10.7. The van der Waals surface area contributed by atoms with Crippen LogP contribution < -0.4 is 5.32 Å². The summed E-state index contributed by atoms with van der Waals surface area (Å²) in [4.78, 5) is 74.8. The minimum Gasteiger partial charge on any atom is -0.465 e. The SMILES string of the molecule is COC(=O)N[C@H](C(=O)N1[C@@H]2C[C@@H]2C[C@H]1c1nc2ccc(CCc3ccc4c(ccc5[nH]c([C@@H]6C[C@H]7C[C@H]7N6C(=O)[C@H](C6CCOCC6)N(C)C(=O)O)nc54)c3)cc2[nH]1)C(C)C. The lowest BCUT2D eigenvalue weighted by atomic mass is 9.89. The van der Waals surface area contributed by atoms with E-state index in [1.807, 2.05) is 29.7 Å². The van der Waals surface area contributed by atoms with E-state index in [9.17, 15) is 24.3 Å². The van der Waals surface area contributed by atoms with Crippen LogP contribution in [0.2, 0.25) is 0 Å². The number of aromatic nitrogens is 4. The quantitative estimate of drug-likeness (QED) is 0.116. The molecule has 3 aliphatic heterocycles. The van der Waals surface area contributed by atoms with E-state index in [2.05, 4.69) is 57.7 Å². The van der Waals surface area contributed by atoms with Crippen molar-refractivity contribution < 1.29 is 33.8 Å². The number of carbonyl (C=O) groups is 4. The molecule has 3 aromatic carbocycles. The van der Waals surface area contributed by atoms with Crippen LogP contribution in [-0.2, 0) is 31.9 Å². The van der Waals surface area contributed by atoms with Gasteiger partial charge in [0.15, 0.2) is 0 Å². The average Bonchev–Trinajstić information content (AvgIpc) is 3.91. The predicted molar refractivity (Wildman–Crippen MR) is 227 cm³/mol. The average molecular weight is 831 g/mol. The molecule has 15 heteroatoms. The third-order valence-electron chi connectivity index (χ3n) is 14.2. The summed E-state index contributed by atoms with van der Waals surface area (Å²) in [7, 11) is 2.82. The molecule has 5 heterocycles. The molecule has 4 N–H and O–H groups in total. The Morgan fingerprint density at radius 1 is 0.852 bits per heavy atom. The number of hydrogen-bond acceptors (Lipinski definition) is 8. The number of carboxylic acid groups (broad SMARTS) is 1. The van der Waals surface area contributed by atoms with Crippen molar-refractivity contribution in [3.05, 3.63) is 71.3 Å². The maximum absolute atomic E-state index is 14.4. The van der Waals surface area contributed by atoms with Gasteiger partial charge in [0.2, 0.25) is 11.8 Å². The van der Waals surface area contributed by atoms with Gasteiger partial charge in [0.25, 0.3) is 0 Å². The third kappa shape index (κ3) is 7.13. The number of likely N-dealkylation sites (N-methyl/N-ethyl adjacent to an activating group) is 1. The minimum atomic E-state index is -1.10. The van der Waals surface area contributed by atoms with Crippen LogP contribution in [0.1, 0.15) is 87.2 Å². The Morgan fingerprint density at radius 3 is 2.16 bits per heavy atom. The van der Waals surface area contributed by atoms with E-state index in [0.717, 1.165) is 83.0 Å². The number of rotatable bonds is 11. The first-order chi connectivity index (χ1) is 29.5. The molecule has 4 amide bonds. The number of imidazole rings is 2. The number of aromatic amines is 2. The first kappa shape index (κ1) is 39.4. The maximum Gasteiger partial charge on any atom is 0.407 e. The maximum atomic E-state index is 14.4. The molecule has 5 aromatic rings. The zero-order chi connectivity index (χ0) is 42.3. The summed E-state index contributed by atoms with van der Waals surface area (Å²) >= 11 is 0. The van der Waals surface area contributed by atoms with Crippen LogP contribution in [0.3, 0.4) is 0 Å². The lowest BCUT2D eigenvalue weighted by Crippen LogP contribution is -2.54. The molecule has 0 spiro atoms. The summed E-state index contributed by atoms with van der Waals surface area (Å²) in [5.41, 5.74) is 5.98. The molecule has 2 aliphatic carbocycles. The van der Waals surface area contributed by atoms with Crippen molar-refractivity contribution in [3.8, 4) is 0 Å². The molecule has 10 rings (SSSR count). The molecule has 15 nitrogen and oxygen atoms in total. The molecular formula is C46H54N8O7. The molecule has 8 atom stereocenters. The van der Waals surface area contributed by atoms with Crippen molar-refractivity contribution in [1.82, 2.24) is 40.0 Å². The smallest absolute Gasteiger partial charge is 0.407 e. The zero-order valence-corrected chi connectivity index (χ0v) is 35.1. The van der Waals surface area contributed by atoms with Gasteiger partial charge in [0.1, 0.15) is 23.7 Å². The topological polar surface area (TPSA) is 186 Å². The van der Waals surface area contributed by atoms with Crippen LogP contribution in [0.4, 0.5) is 9.59 Å². The van der Waals surface area contributed by atoms with Crippen molar-refractivity contribution in [2.75, 3.05) is 27.4 Å². The first-order valence-electron chi connectivity index (χ1n) is 21.9. The highest BCUT2D eigenvalue weighted by Crippen LogP contribution is 2.55. The number of carbonyl (C=O) groups excluding carboxylic acids is 3. The highest BCUT2D eigenvalue weighted by atomic mass is 16.5. The number of amides is 4. The number of fused-ring (bicyclic) bond motifs is 6. The van der Waals surface area contributed by atoms with E-state index in [0.29, 0.717) is 37.9 Å². The lowest BCUT2D eigenvalue weighted by Gasteiger charge is -2.38. The number of methoxy groups -OCH3 is 1. The molecule has 5 aliphatic rings. The number of aryl methyl sites for hydroxylation is 2. The Balaban J connectivity index is 0.842. The molecular weight excluding hydrogens is 777 g/mol. The summed E-state index contributed by atoms with van der Waals surface area (Å²) in [5, 5.41) is 14.9. The van der Waals surface area contributed by atoms with E-state index >= 15 is 0 Å². The largest absolute Gasteiger partial charge is 0.465 e. The second kappa shape index (κ2) is 15.3. The van der Waals surface area contributed by atoms with Gasteiger partial charge < -0.3 is 39.7 Å². The summed E-state index contributed by atoms with van der Waals surface area (Å²) < 4.78 is 10.4. The monoisotopic (exact) mass is 830 g/mol. The highest BCUT2D eigenvalue weighted by Gasteiger charge is 2.58. The fraction of sp³-hybridized carbons (Fsp3) is 0.522. The van der Waals surface area contributed by atoms with Gasteiger partial charge in [-0.2, -0.15) is 0 Å². The van der Waals surface area contributed by atoms with Crippen LogP contribution in [0, 0.1) is 23.7 Å². The van der Waals surface area contributed by atoms with Crippen molar-refractivity contribution in [2.24, 2.45) is 23.7 Å². The van der Waals surface area contributed by atoms with E-state index in [1.165, 1.54) is 30.2 Å². The number of nitrogens with zero attached hydrogens (tertiary/aromatic N) is 5. The van der Waals surface area contributed by atoms with Crippen molar-refractivity contribution in [1.29, 1.82) is 0 Å². The lowest BCUT2D eigenvalue weighted by molar-refractivity contribution is -0.141. The molecule has 5 fully saturated rings. The second-order valence-electron chi connectivity index (χ2n) is 18.4. The predicted octanol–water partition coefficient (Wildman–Crippen LogP) is 6.49. The number of hydrogen-bond donors (Lipinski definition) is 4. The summed E-state index contributed by atoms with van der Waals surface area (Å²) in [5.74, 6) is 2.00. The second-order valence-corrected chi connectivity index (χ2v) is 18.4. The third-order valence-corrected chi connectivity index (χ3v) is 14.2. The van der Waals surface area contributed by atoms with Gasteiger partial charge in [-0.15, -0.1) is 0 Å². The number of piperidine rings is 2. The van der Waals surface area contributed by atoms with Crippen LogP contribution in [0.15, 0.2) is 48.5 Å². The Morgan fingerprint density at radius 2 is 1.49 bits per heavy atom. The Kier molecular flexibility index (Phi) is 9.91. The molecule has 0 unspecified atom stereocenters. The van der Waals surface area contributed by atoms with Gasteiger partial charge in [-0.05, 0) is 110 Å². The molecule has 0 bridgehead atoms. The summed E-state index contributed by atoms with van der Waals surface area (Å²) in [6.07, 6.45) is 4.87. The van der Waals surface area contributed by atoms with Gasteiger partial charge in [0.05, 0.1) is 41.3 Å². The van der Waals surface area contributed by atoms with Gasteiger partial charge in [-0.25, -0.2) is 19.6 Å². The number of likely N-dealkylation sites (tertiary alicyclic amines) is 2. The fourth-order valence-electron chi connectivity index (χ4n) is 10.7. The summed E-state index contributed by atoms with van der Waals surface area (Å²) in [6.45, 7) is 4.92. The molecule has 3 saturated heterocycles. The zero-order valence-electron chi connectivity index (χ0n) is 35.1. The number of alkyl carbamates (subject to hydrolysis) is 1. The number of benzene rings is 3. The van der Waals surface area contributed by atoms with E-state index < -0.39 is 24.3 Å². The standard InChI is InChI=1S/C46H54N8O7/c1-23(2)38(51-45(57)60-4)43(55)53-34-19-28(34)21-36(53)41-47-31-11-8-25(18-33(31)49-41)6-5-24-7-10-30-27(17-24)9-12-32-39(30)50-42(48-32)37-22-29-20-35(29)54(37)44(56)40(52(3)46(58)59)26-13-15-61-16-14-26/h7-12,17-18,23,26,28-29,34-38,40H,5-6,13-16,19-22H2,1-4H3,(H,47,49)(H,48,50)(H,51,57)(H,58,59)/t28-,29-,34-,35-,36+,37+,38+,40+/m1/s1. The number of ether oxygens (including phenoxy) is 2. The Labute approximate surface area is 353 Å². The van der Waals surface area contributed by atoms with Crippen molar-refractivity contribution >= 4 is 56.8 Å². The van der Waals surface area contributed by atoms with Gasteiger partial charge in [-0.1, -0.05) is 44.2 Å². The Bertz CT molecular complexity index is 2540. The number of H-pyrrole nitrogens is 2. The van der Waals surface area contributed by atoms with Gasteiger partial charge in [0, 0.05) is 37.7 Å². The van der Waals surface area contributed by atoms with Crippen LogP contribution in [-0.4, -0.2) is 115 Å². The molecule has 320 valence electrons. The van der Waals surface area contributed by atoms with Crippen LogP contribution in [0.5, 0.6) is 0 Å². The molecule has 61 heavy (non-hydrogen) atoms. The highest BCUT2D eigenvalue weighted by molar-refractivity contribution is 6.04. The van der Waals surface area contributed by atoms with Crippen molar-refractivity contribution in [2.45, 2.75) is 101 Å². The van der Waals surface area contributed by atoms with E-state index in [4.69, 9.17) is 19.4 Å². The minimum absolute atomic E-state index is 0.0873. The molecule has 0 radical (unpaired) electrons. The van der Waals surface area contributed by atoms with E-state index in [1.54, 1.807) is 0 Å². The Hall–Kier alpha value is -5.70. The van der Waals surface area contributed by atoms with E-state index in [-0.39, 0.29) is 47.8 Å². The van der Waals surface area contributed by atoms with Crippen molar-refractivity contribution in [3.63, 3.8) is 0 Å². The molecule has 2 saturated carbocycles. The number of nitrogens with one attached hydrogen (secondary N) is 3. The first-order valence-corrected chi connectivity index (χ1v) is 21.9.